The number of para-hydroxylation sites is 1. The first-order valence-corrected chi connectivity index (χ1v) is 11.3. The molecule has 0 saturated carbocycles. The van der Waals surface area contributed by atoms with Crippen LogP contribution in [0.1, 0.15) is 42.7 Å². The minimum Gasteiger partial charge on any atom is -0.356 e. The summed E-state index contributed by atoms with van der Waals surface area (Å²) in [5.74, 6) is -0.108. The van der Waals surface area contributed by atoms with Gasteiger partial charge in [0, 0.05) is 37.5 Å². The van der Waals surface area contributed by atoms with Gasteiger partial charge in [-0.2, -0.15) is 5.26 Å². The highest BCUT2D eigenvalue weighted by Gasteiger charge is 2.17. The number of rotatable bonds is 11. The molecule has 0 unspecified atom stereocenters. The summed E-state index contributed by atoms with van der Waals surface area (Å²) in [6, 6.07) is 31.9. The van der Waals surface area contributed by atoms with E-state index in [9.17, 15) is 9.59 Å². The highest BCUT2D eigenvalue weighted by Crippen LogP contribution is 2.27. The van der Waals surface area contributed by atoms with E-state index in [2.05, 4.69) is 35.7 Å². The third kappa shape index (κ3) is 7.33. The molecule has 0 spiro atoms. The van der Waals surface area contributed by atoms with Gasteiger partial charge in [0.1, 0.15) is 0 Å². The SMILES string of the molecule is N#CCCN(C(=O)CCC(=O)NCCC(c1ccccc1)c1ccccc1)c1ccccc1. The van der Waals surface area contributed by atoms with Crippen molar-refractivity contribution in [3.8, 4) is 6.07 Å². The maximum absolute atomic E-state index is 12.7. The van der Waals surface area contributed by atoms with Crippen molar-refractivity contribution < 1.29 is 9.59 Å². The van der Waals surface area contributed by atoms with Crippen LogP contribution < -0.4 is 10.2 Å². The van der Waals surface area contributed by atoms with Gasteiger partial charge >= 0.3 is 0 Å². The number of benzene rings is 3. The predicted octanol–water partition coefficient (Wildman–Crippen LogP) is 5.05. The van der Waals surface area contributed by atoms with Crippen LogP contribution in [-0.2, 0) is 9.59 Å². The number of amides is 2. The summed E-state index contributed by atoms with van der Waals surface area (Å²) < 4.78 is 0. The zero-order chi connectivity index (χ0) is 23.3. The van der Waals surface area contributed by atoms with Crippen molar-refractivity contribution in [2.75, 3.05) is 18.0 Å². The fraction of sp³-hybridized carbons (Fsp3) is 0.250. The number of hydrogen-bond acceptors (Lipinski definition) is 3. The Labute approximate surface area is 195 Å². The summed E-state index contributed by atoms with van der Waals surface area (Å²) in [5.41, 5.74) is 3.17. The molecule has 5 heteroatoms. The van der Waals surface area contributed by atoms with Crippen molar-refractivity contribution in [3.63, 3.8) is 0 Å². The molecule has 3 aromatic rings. The van der Waals surface area contributed by atoms with Gasteiger partial charge in [-0.3, -0.25) is 9.59 Å². The molecule has 0 heterocycles. The van der Waals surface area contributed by atoms with Gasteiger partial charge in [-0.05, 0) is 29.7 Å². The average molecular weight is 440 g/mol. The van der Waals surface area contributed by atoms with Gasteiger partial charge in [0.15, 0.2) is 0 Å². The minimum absolute atomic E-state index is 0.104. The molecule has 33 heavy (non-hydrogen) atoms. The molecule has 0 fully saturated rings. The Hall–Kier alpha value is -3.91. The number of anilines is 1. The molecule has 168 valence electrons. The fourth-order valence-electron chi connectivity index (χ4n) is 3.86. The van der Waals surface area contributed by atoms with Crippen molar-refractivity contribution in [3.05, 3.63) is 102 Å². The van der Waals surface area contributed by atoms with Crippen LogP contribution in [-0.4, -0.2) is 24.9 Å². The molecule has 0 aliphatic rings. The summed E-state index contributed by atoms with van der Waals surface area (Å²) >= 11 is 0. The Morgan fingerprint density at radius 2 is 1.36 bits per heavy atom. The molecule has 0 aromatic heterocycles. The van der Waals surface area contributed by atoms with Crippen molar-refractivity contribution in [1.29, 1.82) is 5.26 Å². The van der Waals surface area contributed by atoms with Gasteiger partial charge in [-0.1, -0.05) is 78.9 Å². The molecule has 0 radical (unpaired) electrons. The van der Waals surface area contributed by atoms with E-state index in [1.165, 1.54) is 11.1 Å². The van der Waals surface area contributed by atoms with Crippen LogP contribution in [0.2, 0.25) is 0 Å². The van der Waals surface area contributed by atoms with Crippen LogP contribution in [0.25, 0.3) is 0 Å². The van der Waals surface area contributed by atoms with E-state index in [4.69, 9.17) is 5.26 Å². The molecule has 3 aromatic carbocycles. The van der Waals surface area contributed by atoms with Gasteiger partial charge < -0.3 is 10.2 Å². The summed E-state index contributed by atoms with van der Waals surface area (Å²) in [4.78, 5) is 26.8. The Morgan fingerprint density at radius 3 is 1.91 bits per heavy atom. The first-order chi connectivity index (χ1) is 16.2. The number of carbonyl (C=O) groups is 2. The zero-order valence-corrected chi connectivity index (χ0v) is 18.7. The van der Waals surface area contributed by atoms with E-state index < -0.39 is 0 Å². The van der Waals surface area contributed by atoms with E-state index in [0.29, 0.717) is 13.1 Å². The normalized spacial score (nSPS) is 10.4. The third-order valence-corrected chi connectivity index (χ3v) is 5.54. The molecule has 5 nitrogen and oxygen atoms in total. The number of nitrogens with zero attached hydrogens (tertiary/aromatic N) is 2. The lowest BCUT2D eigenvalue weighted by Gasteiger charge is -2.22. The van der Waals surface area contributed by atoms with Crippen LogP contribution in [0, 0.1) is 11.3 Å². The predicted molar refractivity (Wildman–Crippen MR) is 131 cm³/mol. The Balaban J connectivity index is 1.52. The quantitative estimate of drug-likeness (QED) is 0.454. The molecule has 3 rings (SSSR count). The first kappa shape index (κ1) is 23.7. The van der Waals surface area contributed by atoms with E-state index in [0.717, 1.165) is 12.1 Å². The van der Waals surface area contributed by atoms with Crippen LogP contribution in [0.5, 0.6) is 0 Å². The molecule has 1 N–H and O–H groups in total. The van der Waals surface area contributed by atoms with E-state index in [1.807, 2.05) is 66.7 Å². The summed E-state index contributed by atoms with van der Waals surface area (Å²) in [6.45, 7) is 0.842. The highest BCUT2D eigenvalue weighted by molar-refractivity contribution is 5.95. The van der Waals surface area contributed by atoms with Crippen LogP contribution in [0.3, 0.4) is 0 Å². The summed E-state index contributed by atoms with van der Waals surface area (Å²) in [6.07, 6.45) is 1.24. The second-order valence-electron chi connectivity index (χ2n) is 7.80. The van der Waals surface area contributed by atoms with Crippen LogP contribution in [0.15, 0.2) is 91.0 Å². The first-order valence-electron chi connectivity index (χ1n) is 11.3. The van der Waals surface area contributed by atoms with E-state index >= 15 is 0 Å². The van der Waals surface area contributed by atoms with Gasteiger partial charge in [-0.15, -0.1) is 0 Å². The molecular formula is C28H29N3O2. The van der Waals surface area contributed by atoms with Gasteiger partial charge in [0.25, 0.3) is 0 Å². The number of nitriles is 1. The van der Waals surface area contributed by atoms with Gasteiger partial charge in [0.05, 0.1) is 12.5 Å². The molecular weight excluding hydrogens is 410 g/mol. The van der Waals surface area contributed by atoms with Crippen molar-refractivity contribution in [1.82, 2.24) is 5.32 Å². The smallest absolute Gasteiger partial charge is 0.227 e. The average Bonchev–Trinajstić information content (AvgIpc) is 2.87. The van der Waals surface area contributed by atoms with Gasteiger partial charge in [-0.25, -0.2) is 0 Å². The summed E-state index contributed by atoms with van der Waals surface area (Å²) in [5, 5.41) is 11.9. The summed E-state index contributed by atoms with van der Waals surface area (Å²) in [7, 11) is 0. The number of nitrogens with one attached hydrogen (secondary N) is 1. The third-order valence-electron chi connectivity index (χ3n) is 5.54. The van der Waals surface area contributed by atoms with Crippen LogP contribution in [0.4, 0.5) is 5.69 Å². The molecule has 0 bridgehead atoms. The van der Waals surface area contributed by atoms with Crippen molar-refractivity contribution >= 4 is 17.5 Å². The van der Waals surface area contributed by atoms with E-state index in [-0.39, 0.29) is 37.0 Å². The van der Waals surface area contributed by atoms with E-state index in [1.54, 1.807) is 4.90 Å². The maximum atomic E-state index is 12.7. The second-order valence-corrected chi connectivity index (χ2v) is 7.80. The fourth-order valence-corrected chi connectivity index (χ4v) is 3.86. The maximum Gasteiger partial charge on any atom is 0.227 e. The van der Waals surface area contributed by atoms with Crippen LogP contribution >= 0.6 is 0 Å². The standard InChI is InChI=1S/C28H29N3O2/c29-20-10-22-31(25-15-8-3-9-16-25)28(33)18-17-27(32)30-21-19-26(23-11-4-1-5-12-23)24-13-6-2-7-14-24/h1-9,11-16,26H,10,17-19,21-22H2,(H,30,32). The largest absolute Gasteiger partial charge is 0.356 e. The monoisotopic (exact) mass is 439 g/mol. The minimum atomic E-state index is -0.155. The lowest BCUT2D eigenvalue weighted by Crippen LogP contribution is -2.33. The van der Waals surface area contributed by atoms with Crippen molar-refractivity contribution in [2.24, 2.45) is 0 Å². The molecule has 0 saturated heterocycles. The molecule has 2 amide bonds. The Kier molecular flexibility index (Phi) is 9.23. The lowest BCUT2D eigenvalue weighted by atomic mass is 9.88. The number of carbonyl (C=O) groups excluding carboxylic acids is 2. The molecule has 0 aliphatic heterocycles. The highest BCUT2D eigenvalue weighted by atomic mass is 16.2. The van der Waals surface area contributed by atoms with Gasteiger partial charge in [0.2, 0.25) is 11.8 Å². The molecule has 0 aliphatic carbocycles. The Bertz CT molecular complexity index is 1010. The zero-order valence-electron chi connectivity index (χ0n) is 18.7. The Morgan fingerprint density at radius 1 is 0.818 bits per heavy atom. The second kappa shape index (κ2) is 12.8. The lowest BCUT2D eigenvalue weighted by molar-refractivity contribution is -0.125. The molecule has 0 atom stereocenters. The topological polar surface area (TPSA) is 73.2 Å². The number of hydrogen-bond donors (Lipinski definition) is 1. The van der Waals surface area contributed by atoms with Crippen molar-refractivity contribution in [2.45, 2.75) is 31.6 Å².